The van der Waals surface area contributed by atoms with Gasteiger partial charge in [-0.25, -0.2) is 0 Å². The second-order valence-corrected chi connectivity index (χ2v) is 6.99. The van der Waals surface area contributed by atoms with Crippen LogP contribution in [0.4, 0.5) is 0 Å². The molecule has 2 atom stereocenters. The van der Waals surface area contributed by atoms with Crippen molar-refractivity contribution in [2.24, 2.45) is 9.98 Å². The summed E-state index contributed by atoms with van der Waals surface area (Å²) in [6, 6.07) is 1.18. The fourth-order valence-electron chi connectivity index (χ4n) is 4.07. The van der Waals surface area contributed by atoms with Crippen LogP contribution < -0.4 is 0 Å². The molecule has 0 amide bonds. The minimum atomic E-state index is 0.592. The first-order chi connectivity index (χ1) is 9.90. The molecule has 0 radical (unpaired) electrons. The van der Waals surface area contributed by atoms with Crippen molar-refractivity contribution in [3.05, 3.63) is 0 Å². The van der Waals surface area contributed by atoms with Crippen LogP contribution in [-0.4, -0.2) is 23.5 Å². The zero-order valence-electron chi connectivity index (χ0n) is 12.9. The first kappa shape index (κ1) is 14.3. The number of hydrogen-bond donors (Lipinski definition) is 0. The maximum Gasteiger partial charge on any atom is 0.0519 e. The van der Waals surface area contributed by atoms with Gasteiger partial charge in [0.2, 0.25) is 0 Å². The average molecular weight is 274 g/mol. The normalized spacial score (nSPS) is 32.0. The molecule has 3 saturated carbocycles. The Morgan fingerprint density at radius 3 is 1.45 bits per heavy atom. The second-order valence-electron chi connectivity index (χ2n) is 6.99. The molecule has 3 aliphatic carbocycles. The molecule has 2 nitrogen and oxygen atoms in total. The standard InChI is InChI=1S/C18H30N2/c1-3-8-15(9-4-1)19-17-12-7-13-18(14-17)20-16-10-5-2-6-11-16/h17-18H,1-14H2. The minimum absolute atomic E-state index is 0.592. The predicted molar refractivity (Wildman–Crippen MR) is 87.1 cm³/mol. The molecule has 0 saturated heterocycles. The van der Waals surface area contributed by atoms with Gasteiger partial charge < -0.3 is 0 Å². The molecular weight excluding hydrogens is 244 g/mol. The van der Waals surface area contributed by atoms with Crippen LogP contribution in [0.15, 0.2) is 9.98 Å². The molecule has 20 heavy (non-hydrogen) atoms. The number of rotatable bonds is 2. The molecule has 3 aliphatic rings. The summed E-state index contributed by atoms with van der Waals surface area (Å²) in [6.45, 7) is 0. The van der Waals surface area contributed by atoms with E-state index in [2.05, 4.69) is 0 Å². The third-order valence-corrected chi connectivity index (χ3v) is 5.21. The fraction of sp³-hybridized carbons (Fsp3) is 0.889. The summed E-state index contributed by atoms with van der Waals surface area (Å²) in [5.74, 6) is 0. The van der Waals surface area contributed by atoms with Crippen LogP contribution >= 0.6 is 0 Å². The lowest BCUT2D eigenvalue weighted by molar-refractivity contribution is 0.392. The van der Waals surface area contributed by atoms with Gasteiger partial charge in [-0.2, -0.15) is 0 Å². The topological polar surface area (TPSA) is 24.7 Å². The van der Waals surface area contributed by atoms with Crippen LogP contribution in [0.2, 0.25) is 0 Å². The Bertz CT molecular complexity index is 320. The van der Waals surface area contributed by atoms with E-state index in [0.717, 1.165) is 0 Å². The van der Waals surface area contributed by atoms with Crippen LogP contribution in [-0.2, 0) is 0 Å². The van der Waals surface area contributed by atoms with E-state index in [0.29, 0.717) is 12.1 Å². The fourth-order valence-corrected chi connectivity index (χ4v) is 4.07. The molecule has 2 heteroatoms. The van der Waals surface area contributed by atoms with E-state index in [1.165, 1.54) is 101 Å². The monoisotopic (exact) mass is 274 g/mol. The minimum Gasteiger partial charge on any atom is -0.291 e. The first-order valence-electron chi connectivity index (χ1n) is 9.01. The molecule has 0 aromatic heterocycles. The zero-order valence-corrected chi connectivity index (χ0v) is 12.9. The number of hydrogen-bond acceptors (Lipinski definition) is 2. The number of nitrogens with zero attached hydrogens (tertiary/aromatic N) is 2. The second kappa shape index (κ2) is 7.38. The Labute approximate surface area is 124 Å². The molecule has 3 rings (SSSR count). The van der Waals surface area contributed by atoms with Gasteiger partial charge in [0.1, 0.15) is 0 Å². The summed E-state index contributed by atoms with van der Waals surface area (Å²) in [4.78, 5) is 10.2. The van der Waals surface area contributed by atoms with Crippen molar-refractivity contribution in [2.45, 2.75) is 102 Å². The highest BCUT2D eigenvalue weighted by molar-refractivity contribution is 5.85. The third-order valence-electron chi connectivity index (χ3n) is 5.21. The summed E-state index contributed by atoms with van der Waals surface area (Å²) >= 11 is 0. The van der Waals surface area contributed by atoms with Gasteiger partial charge in [-0.15, -0.1) is 0 Å². The van der Waals surface area contributed by atoms with E-state index >= 15 is 0 Å². The van der Waals surface area contributed by atoms with Gasteiger partial charge in [-0.1, -0.05) is 12.8 Å². The Kier molecular flexibility index (Phi) is 5.27. The van der Waals surface area contributed by atoms with Gasteiger partial charge in [0.15, 0.2) is 0 Å². The van der Waals surface area contributed by atoms with Crippen molar-refractivity contribution in [3.63, 3.8) is 0 Å². The molecule has 3 fully saturated rings. The van der Waals surface area contributed by atoms with Gasteiger partial charge in [0, 0.05) is 11.4 Å². The van der Waals surface area contributed by atoms with E-state index < -0.39 is 0 Å². The summed E-state index contributed by atoms with van der Waals surface area (Å²) in [5, 5.41) is 0. The lowest BCUT2D eigenvalue weighted by Gasteiger charge is -2.27. The molecule has 0 aliphatic heterocycles. The lowest BCUT2D eigenvalue weighted by Crippen LogP contribution is -2.24. The zero-order chi connectivity index (χ0) is 13.6. The van der Waals surface area contributed by atoms with Crippen molar-refractivity contribution >= 4 is 11.4 Å². The number of aliphatic imine (C=N–C) groups is 2. The van der Waals surface area contributed by atoms with Crippen molar-refractivity contribution in [1.82, 2.24) is 0 Å². The van der Waals surface area contributed by atoms with Crippen molar-refractivity contribution < 1.29 is 0 Å². The Morgan fingerprint density at radius 2 is 1.00 bits per heavy atom. The van der Waals surface area contributed by atoms with Gasteiger partial charge in [-0.3, -0.25) is 9.98 Å². The summed E-state index contributed by atoms with van der Waals surface area (Å²) in [6.07, 6.45) is 18.6. The molecule has 0 N–H and O–H groups in total. The first-order valence-corrected chi connectivity index (χ1v) is 9.01. The highest BCUT2D eigenvalue weighted by Crippen LogP contribution is 2.27. The maximum atomic E-state index is 5.09. The molecule has 0 spiro atoms. The summed E-state index contributed by atoms with van der Waals surface area (Å²) in [7, 11) is 0. The highest BCUT2D eigenvalue weighted by Gasteiger charge is 2.22. The van der Waals surface area contributed by atoms with Crippen LogP contribution in [0.3, 0.4) is 0 Å². The van der Waals surface area contributed by atoms with Gasteiger partial charge in [0.05, 0.1) is 12.1 Å². The summed E-state index contributed by atoms with van der Waals surface area (Å²) in [5.41, 5.74) is 3.04. The van der Waals surface area contributed by atoms with Gasteiger partial charge in [0.25, 0.3) is 0 Å². The molecule has 0 aromatic carbocycles. The van der Waals surface area contributed by atoms with Crippen molar-refractivity contribution in [1.29, 1.82) is 0 Å². The average Bonchev–Trinajstić information content (AvgIpc) is 2.50. The van der Waals surface area contributed by atoms with Crippen LogP contribution in [0.1, 0.15) is 89.9 Å². The lowest BCUT2D eigenvalue weighted by atomic mass is 9.90. The van der Waals surface area contributed by atoms with E-state index in [1.54, 1.807) is 0 Å². The quantitative estimate of drug-likeness (QED) is 0.668. The van der Waals surface area contributed by atoms with E-state index in [9.17, 15) is 0 Å². The van der Waals surface area contributed by atoms with Crippen molar-refractivity contribution in [3.8, 4) is 0 Å². The van der Waals surface area contributed by atoms with E-state index in [1.807, 2.05) is 0 Å². The van der Waals surface area contributed by atoms with Crippen LogP contribution in [0.25, 0.3) is 0 Å². The summed E-state index contributed by atoms with van der Waals surface area (Å²) < 4.78 is 0. The molecule has 0 aromatic rings. The Morgan fingerprint density at radius 1 is 0.550 bits per heavy atom. The van der Waals surface area contributed by atoms with Crippen molar-refractivity contribution in [2.75, 3.05) is 0 Å². The maximum absolute atomic E-state index is 5.09. The van der Waals surface area contributed by atoms with E-state index in [-0.39, 0.29) is 0 Å². The molecule has 112 valence electrons. The van der Waals surface area contributed by atoms with Crippen LogP contribution in [0, 0.1) is 0 Å². The molecule has 0 heterocycles. The Hall–Kier alpha value is -0.660. The largest absolute Gasteiger partial charge is 0.291 e. The highest BCUT2D eigenvalue weighted by atomic mass is 14.9. The van der Waals surface area contributed by atoms with Gasteiger partial charge >= 0.3 is 0 Å². The molecule has 2 unspecified atom stereocenters. The van der Waals surface area contributed by atoms with E-state index in [4.69, 9.17) is 9.98 Å². The molecule has 0 bridgehead atoms. The third kappa shape index (κ3) is 4.17. The molecular formula is C18H30N2. The predicted octanol–water partition coefficient (Wildman–Crippen LogP) is 5.11. The smallest absolute Gasteiger partial charge is 0.0519 e. The van der Waals surface area contributed by atoms with Crippen LogP contribution in [0.5, 0.6) is 0 Å². The van der Waals surface area contributed by atoms with Gasteiger partial charge in [-0.05, 0) is 77.0 Å². The Balaban J connectivity index is 1.55. The SMILES string of the molecule is C1CCC(=NC2CCCC(N=C3CCCCC3)C2)CC1.